The number of hydrogen-bond donors (Lipinski definition) is 2. The average Bonchev–Trinajstić information content (AvgIpc) is 2.72. The maximum atomic E-state index is 12.5. The number of nitrogens with zero attached hydrogens (tertiary/aromatic N) is 1. The second-order valence-electron chi connectivity index (χ2n) is 7.08. The van der Waals surface area contributed by atoms with E-state index in [1.54, 1.807) is 18.8 Å². The van der Waals surface area contributed by atoms with Gasteiger partial charge in [0.05, 0.1) is 12.2 Å². The number of carbonyl (C=O) groups excluding carboxylic acids is 3. The van der Waals surface area contributed by atoms with E-state index in [9.17, 15) is 14.4 Å². The SMILES string of the molecule is CSc1ccccc1NC(=O)CN(C)C(=O)CC[C@H]1Cc2ccccc2NC1=O. The largest absolute Gasteiger partial charge is 0.336 e. The lowest BCUT2D eigenvalue weighted by Crippen LogP contribution is -2.36. The van der Waals surface area contributed by atoms with Crippen LogP contribution in [0.15, 0.2) is 53.4 Å². The Bertz CT molecular complexity index is 916. The number of likely N-dealkylation sites (N-methyl/N-ethyl adjacent to an activating group) is 1. The predicted molar refractivity (Wildman–Crippen MR) is 116 cm³/mol. The quantitative estimate of drug-likeness (QED) is 0.685. The van der Waals surface area contributed by atoms with E-state index in [0.717, 1.165) is 21.8 Å². The van der Waals surface area contributed by atoms with E-state index in [0.29, 0.717) is 12.8 Å². The first kappa shape index (κ1) is 20.9. The van der Waals surface area contributed by atoms with E-state index in [1.807, 2.05) is 54.8 Å². The van der Waals surface area contributed by atoms with Crippen LogP contribution in [0.2, 0.25) is 0 Å². The van der Waals surface area contributed by atoms with Crippen molar-refractivity contribution in [1.82, 2.24) is 4.90 Å². The molecule has 2 aromatic rings. The fraction of sp³-hybridized carbons (Fsp3) is 0.318. The van der Waals surface area contributed by atoms with Gasteiger partial charge in [0, 0.05) is 30.0 Å². The minimum atomic E-state index is -0.244. The zero-order chi connectivity index (χ0) is 20.8. The van der Waals surface area contributed by atoms with E-state index in [4.69, 9.17) is 0 Å². The number of anilines is 2. The summed E-state index contributed by atoms with van der Waals surface area (Å²) in [6.07, 6.45) is 3.26. The lowest BCUT2D eigenvalue weighted by molar-refractivity contribution is -0.133. The Morgan fingerprint density at radius 3 is 2.69 bits per heavy atom. The number of para-hydroxylation sites is 2. The Morgan fingerprint density at radius 2 is 1.90 bits per heavy atom. The molecule has 152 valence electrons. The van der Waals surface area contributed by atoms with E-state index >= 15 is 0 Å². The maximum Gasteiger partial charge on any atom is 0.244 e. The zero-order valence-corrected chi connectivity index (χ0v) is 17.4. The number of nitrogens with one attached hydrogen (secondary N) is 2. The molecule has 0 aromatic heterocycles. The Kier molecular flexibility index (Phi) is 6.93. The van der Waals surface area contributed by atoms with Gasteiger partial charge in [-0.15, -0.1) is 11.8 Å². The molecule has 1 aliphatic rings. The second kappa shape index (κ2) is 9.60. The van der Waals surface area contributed by atoms with Crippen molar-refractivity contribution >= 4 is 40.9 Å². The summed E-state index contributed by atoms with van der Waals surface area (Å²) < 4.78 is 0. The Morgan fingerprint density at radius 1 is 1.17 bits per heavy atom. The zero-order valence-electron chi connectivity index (χ0n) is 16.6. The first-order chi connectivity index (χ1) is 14.0. The molecular weight excluding hydrogens is 386 g/mol. The van der Waals surface area contributed by atoms with Gasteiger partial charge in [-0.25, -0.2) is 0 Å². The summed E-state index contributed by atoms with van der Waals surface area (Å²) in [5.74, 6) is -0.674. The van der Waals surface area contributed by atoms with E-state index in [1.165, 1.54) is 4.90 Å². The van der Waals surface area contributed by atoms with Crippen molar-refractivity contribution in [2.24, 2.45) is 5.92 Å². The highest BCUT2D eigenvalue weighted by atomic mass is 32.2. The number of fused-ring (bicyclic) bond motifs is 1. The number of amides is 3. The van der Waals surface area contributed by atoms with Crippen molar-refractivity contribution in [3.63, 3.8) is 0 Å². The Balaban J connectivity index is 1.49. The third-order valence-corrected chi connectivity index (χ3v) is 5.80. The van der Waals surface area contributed by atoms with Gasteiger partial charge in [-0.2, -0.15) is 0 Å². The standard InChI is InChI=1S/C22H25N3O3S/c1-25(14-20(26)23-18-9-5-6-10-19(18)29-2)21(27)12-11-16-13-15-7-3-4-8-17(15)24-22(16)28/h3-10,16H,11-14H2,1-2H3,(H,23,26)(H,24,28)/t16-/m0/s1. The van der Waals surface area contributed by atoms with Crippen molar-refractivity contribution in [2.45, 2.75) is 24.2 Å². The number of hydrogen-bond acceptors (Lipinski definition) is 4. The monoisotopic (exact) mass is 411 g/mol. The molecule has 2 aromatic carbocycles. The number of benzene rings is 2. The summed E-state index contributed by atoms with van der Waals surface area (Å²) in [5, 5.41) is 5.76. The molecule has 0 spiro atoms. The average molecular weight is 412 g/mol. The lowest BCUT2D eigenvalue weighted by Gasteiger charge is -2.25. The molecule has 1 aliphatic heterocycles. The molecule has 1 heterocycles. The summed E-state index contributed by atoms with van der Waals surface area (Å²) >= 11 is 1.55. The summed E-state index contributed by atoms with van der Waals surface area (Å²) in [6.45, 7) is -0.0265. The van der Waals surface area contributed by atoms with Crippen molar-refractivity contribution < 1.29 is 14.4 Å². The van der Waals surface area contributed by atoms with Crippen molar-refractivity contribution in [3.05, 3.63) is 54.1 Å². The minimum Gasteiger partial charge on any atom is -0.336 e. The highest BCUT2D eigenvalue weighted by Crippen LogP contribution is 2.28. The van der Waals surface area contributed by atoms with Crippen LogP contribution in [0.5, 0.6) is 0 Å². The van der Waals surface area contributed by atoms with Crippen molar-refractivity contribution in [3.8, 4) is 0 Å². The number of thioether (sulfide) groups is 1. The number of rotatable bonds is 7. The molecule has 6 nitrogen and oxygen atoms in total. The Labute approximate surface area is 175 Å². The second-order valence-corrected chi connectivity index (χ2v) is 7.93. The van der Waals surface area contributed by atoms with Crippen LogP contribution in [0.25, 0.3) is 0 Å². The molecule has 29 heavy (non-hydrogen) atoms. The topological polar surface area (TPSA) is 78.5 Å². The van der Waals surface area contributed by atoms with Gasteiger partial charge in [0.15, 0.2) is 0 Å². The fourth-order valence-corrected chi connectivity index (χ4v) is 3.93. The summed E-state index contributed by atoms with van der Waals surface area (Å²) in [6, 6.07) is 15.3. The molecule has 3 amide bonds. The molecule has 0 unspecified atom stereocenters. The minimum absolute atomic E-state index is 0.0265. The van der Waals surface area contributed by atoms with E-state index in [-0.39, 0.29) is 36.6 Å². The van der Waals surface area contributed by atoms with Gasteiger partial charge >= 0.3 is 0 Å². The van der Waals surface area contributed by atoms with Crippen LogP contribution in [0.3, 0.4) is 0 Å². The molecule has 1 atom stereocenters. The molecule has 0 saturated carbocycles. The van der Waals surface area contributed by atoms with Gasteiger partial charge in [-0.1, -0.05) is 30.3 Å². The first-order valence-corrected chi connectivity index (χ1v) is 10.8. The smallest absolute Gasteiger partial charge is 0.244 e. The summed E-state index contributed by atoms with van der Waals surface area (Å²) in [7, 11) is 1.61. The Hall–Kier alpha value is -2.80. The summed E-state index contributed by atoms with van der Waals surface area (Å²) in [4.78, 5) is 39.4. The molecule has 3 rings (SSSR count). The van der Waals surface area contributed by atoms with Gasteiger partial charge in [-0.3, -0.25) is 14.4 Å². The molecule has 0 aliphatic carbocycles. The van der Waals surface area contributed by atoms with Gasteiger partial charge in [0.25, 0.3) is 0 Å². The van der Waals surface area contributed by atoms with Crippen LogP contribution in [0.4, 0.5) is 11.4 Å². The van der Waals surface area contributed by atoms with Crippen LogP contribution in [-0.2, 0) is 20.8 Å². The van der Waals surface area contributed by atoms with Gasteiger partial charge in [0.2, 0.25) is 17.7 Å². The molecule has 0 radical (unpaired) electrons. The summed E-state index contributed by atoms with van der Waals surface area (Å²) in [5.41, 5.74) is 2.67. The molecular formula is C22H25N3O3S. The normalized spacial score (nSPS) is 15.2. The van der Waals surface area contributed by atoms with Gasteiger partial charge in [0.1, 0.15) is 0 Å². The third kappa shape index (κ3) is 5.38. The van der Waals surface area contributed by atoms with E-state index < -0.39 is 0 Å². The first-order valence-electron chi connectivity index (χ1n) is 9.53. The molecule has 0 bridgehead atoms. The highest BCUT2D eigenvalue weighted by molar-refractivity contribution is 7.98. The third-order valence-electron chi connectivity index (χ3n) is 5.01. The fourth-order valence-electron chi connectivity index (χ4n) is 3.38. The van der Waals surface area contributed by atoms with Gasteiger partial charge < -0.3 is 15.5 Å². The highest BCUT2D eigenvalue weighted by Gasteiger charge is 2.27. The van der Waals surface area contributed by atoms with Crippen LogP contribution in [0.1, 0.15) is 18.4 Å². The van der Waals surface area contributed by atoms with Gasteiger partial charge in [-0.05, 0) is 42.9 Å². The van der Waals surface area contributed by atoms with Crippen LogP contribution < -0.4 is 10.6 Å². The molecule has 2 N–H and O–H groups in total. The molecule has 0 fully saturated rings. The van der Waals surface area contributed by atoms with Crippen LogP contribution in [-0.4, -0.2) is 42.5 Å². The molecule has 0 saturated heterocycles. The lowest BCUT2D eigenvalue weighted by atomic mass is 9.89. The number of carbonyl (C=O) groups is 3. The van der Waals surface area contributed by atoms with Crippen LogP contribution >= 0.6 is 11.8 Å². The predicted octanol–water partition coefficient (Wildman–Crippen LogP) is 3.40. The van der Waals surface area contributed by atoms with Crippen molar-refractivity contribution in [2.75, 3.05) is 30.5 Å². The van der Waals surface area contributed by atoms with E-state index in [2.05, 4.69) is 10.6 Å². The molecule has 7 heteroatoms. The maximum absolute atomic E-state index is 12.5. The van der Waals surface area contributed by atoms with Crippen LogP contribution in [0, 0.1) is 5.92 Å². The van der Waals surface area contributed by atoms with Crippen molar-refractivity contribution in [1.29, 1.82) is 0 Å².